The first-order chi connectivity index (χ1) is 18.9. The highest BCUT2D eigenvalue weighted by molar-refractivity contribution is 6.46. The minimum absolute atomic E-state index is 0.0637. The fourth-order valence-electron chi connectivity index (χ4n) is 5.50. The number of unbranched alkanes of at least 4 members (excludes halogenated alkanes) is 2. The van der Waals surface area contributed by atoms with Crippen LogP contribution in [0.3, 0.4) is 0 Å². The maximum Gasteiger partial charge on any atom is 0.295 e. The van der Waals surface area contributed by atoms with E-state index in [9.17, 15) is 14.7 Å². The Labute approximate surface area is 232 Å². The third-order valence-corrected chi connectivity index (χ3v) is 7.67. The Morgan fingerprint density at radius 1 is 1.08 bits per heavy atom. The molecule has 1 saturated heterocycles. The zero-order chi connectivity index (χ0) is 27.9. The number of hydrogen-bond acceptors (Lipinski definition) is 6. The van der Waals surface area contributed by atoms with E-state index in [-0.39, 0.29) is 17.4 Å². The van der Waals surface area contributed by atoms with Crippen LogP contribution in [0, 0.1) is 0 Å². The Morgan fingerprint density at radius 3 is 2.62 bits per heavy atom. The van der Waals surface area contributed by atoms with E-state index in [1.165, 1.54) is 0 Å². The van der Waals surface area contributed by atoms with Gasteiger partial charge in [-0.25, -0.2) is 0 Å². The molecule has 1 fully saturated rings. The van der Waals surface area contributed by atoms with E-state index in [2.05, 4.69) is 25.7 Å². The molecule has 0 unspecified atom stereocenters. The Balaban J connectivity index is 1.70. The Bertz CT molecular complexity index is 1200. The Morgan fingerprint density at radius 2 is 1.87 bits per heavy atom. The maximum absolute atomic E-state index is 13.5. The van der Waals surface area contributed by atoms with Gasteiger partial charge in [0.1, 0.15) is 23.4 Å². The number of ether oxygens (including phenoxy) is 2. The number of carbonyl (C=O) groups excluding carboxylic acids is 2. The van der Waals surface area contributed by atoms with Gasteiger partial charge in [-0.05, 0) is 80.9 Å². The molecule has 0 spiro atoms. The summed E-state index contributed by atoms with van der Waals surface area (Å²) in [5.74, 6) is 0.107. The Hall–Kier alpha value is -3.32. The number of aliphatic hydroxyl groups is 1. The molecule has 2 aliphatic heterocycles. The lowest BCUT2D eigenvalue weighted by Gasteiger charge is -2.27. The summed E-state index contributed by atoms with van der Waals surface area (Å²) in [5, 5.41) is 11.5. The van der Waals surface area contributed by atoms with Gasteiger partial charge in [0.25, 0.3) is 11.7 Å². The molecular formula is C32H42N2O5. The average molecular weight is 535 g/mol. The molecule has 2 aromatic carbocycles. The monoisotopic (exact) mass is 534 g/mol. The summed E-state index contributed by atoms with van der Waals surface area (Å²) in [4.78, 5) is 30.8. The van der Waals surface area contributed by atoms with E-state index in [4.69, 9.17) is 9.47 Å². The maximum atomic E-state index is 13.5. The van der Waals surface area contributed by atoms with Crippen LogP contribution in [0.25, 0.3) is 5.76 Å². The van der Waals surface area contributed by atoms with Gasteiger partial charge in [0.15, 0.2) is 0 Å². The summed E-state index contributed by atoms with van der Waals surface area (Å²) in [5.41, 5.74) is 2.38. The molecule has 2 atom stereocenters. The zero-order valence-corrected chi connectivity index (χ0v) is 23.7. The normalized spacial score (nSPS) is 20.0. The first-order valence-electron chi connectivity index (χ1n) is 14.4. The van der Waals surface area contributed by atoms with E-state index in [0.29, 0.717) is 24.5 Å². The quantitative estimate of drug-likeness (QED) is 0.153. The van der Waals surface area contributed by atoms with Crippen molar-refractivity contribution in [3.8, 4) is 11.5 Å². The van der Waals surface area contributed by atoms with E-state index < -0.39 is 17.7 Å². The molecule has 0 aromatic heterocycles. The largest absolute Gasteiger partial charge is 0.507 e. The molecule has 1 amide bonds. The summed E-state index contributed by atoms with van der Waals surface area (Å²) >= 11 is 0. The molecule has 4 rings (SSSR count). The van der Waals surface area contributed by atoms with Crippen LogP contribution >= 0.6 is 0 Å². The van der Waals surface area contributed by atoms with Gasteiger partial charge in [-0.3, -0.25) is 9.59 Å². The van der Waals surface area contributed by atoms with Gasteiger partial charge >= 0.3 is 0 Å². The zero-order valence-electron chi connectivity index (χ0n) is 23.7. The van der Waals surface area contributed by atoms with Crippen molar-refractivity contribution in [3.05, 3.63) is 64.7 Å². The number of amides is 1. The van der Waals surface area contributed by atoms with Crippen molar-refractivity contribution in [3.63, 3.8) is 0 Å². The third-order valence-electron chi connectivity index (χ3n) is 7.67. The summed E-state index contributed by atoms with van der Waals surface area (Å²) in [7, 11) is 0. The number of Topliss-reactive ketones (excluding diaryl/α,β-unsaturated/α-hetero) is 1. The van der Waals surface area contributed by atoms with Crippen LogP contribution in [0.1, 0.15) is 76.1 Å². The van der Waals surface area contributed by atoms with Crippen molar-refractivity contribution < 1.29 is 24.2 Å². The van der Waals surface area contributed by atoms with Crippen LogP contribution in [0.2, 0.25) is 0 Å². The summed E-state index contributed by atoms with van der Waals surface area (Å²) in [6, 6.07) is 12.3. The van der Waals surface area contributed by atoms with Crippen molar-refractivity contribution in [2.45, 2.75) is 71.9 Å². The molecule has 1 N–H and O–H groups in total. The standard InChI is InChI=1S/C32H42N2O5/c1-5-8-9-18-38-26-13-10-12-23(21-26)29-28(30(35)24-14-15-27-25(20-24)19-22(4)39-27)31(36)32(37)34(29)17-11-16-33(6-2)7-3/h10,12-15,20-22,29,35H,5-9,11,16-19H2,1-4H3/t22-,29+/m1/s1. The lowest BCUT2D eigenvalue weighted by molar-refractivity contribution is -0.140. The van der Waals surface area contributed by atoms with Gasteiger partial charge in [0.05, 0.1) is 18.2 Å². The van der Waals surface area contributed by atoms with E-state index >= 15 is 0 Å². The van der Waals surface area contributed by atoms with Crippen LogP contribution in [0.15, 0.2) is 48.0 Å². The van der Waals surface area contributed by atoms with Crippen molar-refractivity contribution >= 4 is 17.4 Å². The molecule has 0 saturated carbocycles. The first-order valence-corrected chi connectivity index (χ1v) is 14.4. The molecule has 0 radical (unpaired) electrons. The van der Waals surface area contributed by atoms with Gasteiger partial charge in [-0.2, -0.15) is 0 Å². The number of aliphatic hydroxyl groups excluding tert-OH is 1. The number of hydrogen-bond donors (Lipinski definition) is 1. The van der Waals surface area contributed by atoms with Crippen molar-refractivity contribution in [2.75, 3.05) is 32.8 Å². The van der Waals surface area contributed by atoms with E-state index in [1.807, 2.05) is 43.3 Å². The molecule has 39 heavy (non-hydrogen) atoms. The predicted molar refractivity (Wildman–Crippen MR) is 153 cm³/mol. The predicted octanol–water partition coefficient (Wildman–Crippen LogP) is 5.73. The number of fused-ring (bicyclic) bond motifs is 1. The van der Waals surface area contributed by atoms with Gasteiger partial charge in [-0.1, -0.05) is 45.7 Å². The highest BCUT2D eigenvalue weighted by Gasteiger charge is 2.46. The molecule has 7 nitrogen and oxygen atoms in total. The minimum Gasteiger partial charge on any atom is -0.507 e. The fourth-order valence-corrected chi connectivity index (χ4v) is 5.50. The summed E-state index contributed by atoms with van der Waals surface area (Å²) in [6.07, 6.45) is 4.69. The van der Waals surface area contributed by atoms with Crippen LogP contribution in [-0.4, -0.2) is 65.5 Å². The third kappa shape index (κ3) is 6.47. The lowest BCUT2D eigenvalue weighted by Crippen LogP contribution is -2.33. The fraction of sp³-hybridized carbons (Fsp3) is 0.500. The van der Waals surface area contributed by atoms with Gasteiger partial charge < -0.3 is 24.4 Å². The SMILES string of the molecule is CCCCCOc1cccc([C@H]2C(=C(O)c3ccc4c(c3)C[C@@H](C)O4)C(=O)C(=O)N2CCCN(CC)CC)c1. The number of nitrogens with zero attached hydrogens (tertiary/aromatic N) is 2. The smallest absolute Gasteiger partial charge is 0.295 e. The summed E-state index contributed by atoms with van der Waals surface area (Å²) in [6.45, 7) is 12.1. The second-order valence-corrected chi connectivity index (χ2v) is 10.5. The van der Waals surface area contributed by atoms with Gasteiger partial charge in [0.2, 0.25) is 0 Å². The van der Waals surface area contributed by atoms with Crippen molar-refractivity contribution in [2.24, 2.45) is 0 Å². The molecular weight excluding hydrogens is 492 g/mol. The van der Waals surface area contributed by atoms with Gasteiger partial charge in [-0.15, -0.1) is 0 Å². The lowest BCUT2D eigenvalue weighted by atomic mass is 9.94. The van der Waals surface area contributed by atoms with Crippen LogP contribution in [-0.2, 0) is 16.0 Å². The number of ketones is 1. The second-order valence-electron chi connectivity index (χ2n) is 10.5. The molecule has 0 aliphatic carbocycles. The van der Waals surface area contributed by atoms with E-state index in [0.717, 1.165) is 68.6 Å². The number of carbonyl (C=O) groups is 2. The van der Waals surface area contributed by atoms with Crippen molar-refractivity contribution in [1.29, 1.82) is 0 Å². The topological polar surface area (TPSA) is 79.3 Å². The molecule has 7 heteroatoms. The number of rotatable bonds is 13. The van der Waals surface area contributed by atoms with Crippen LogP contribution in [0.4, 0.5) is 0 Å². The molecule has 210 valence electrons. The molecule has 2 aliphatic rings. The summed E-state index contributed by atoms with van der Waals surface area (Å²) < 4.78 is 11.8. The minimum atomic E-state index is -0.690. The average Bonchev–Trinajstić information content (AvgIpc) is 3.44. The Kier molecular flexibility index (Phi) is 9.68. The van der Waals surface area contributed by atoms with Gasteiger partial charge in [0, 0.05) is 18.5 Å². The van der Waals surface area contributed by atoms with Crippen molar-refractivity contribution in [1.82, 2.24) is 9.80 Å². The first kappa shape index (κ1) is 28.7. The molecule has 2 heterocycles. The highest BCUT2D eigenvalue weighted by Crippen LogP contribution is 2.41. The number of benzene rings is 2. The van der Waals surface area contributed by atoms with Crippen LogP contribution < -0.4 is 9.47 Å². The van der Waals surface area contributed by atoms with Crippen LogP contribution in [0.5, 0.6) is 11.5 Å². The highest BCUT2D eigenvalue weighted by atomic mass is 16.5. The van der Waals surface area contributed by atoms with E-state index in [1.54, 1.807) is 11.0 Å². The number of likely N-dealkylation sites (tertiary alicyclic amines) is 1. The second kappa shape index (κ2) is 13.2. The molecule has 2 aromatic rings. The molecule has 0 bridgehead atoms.